The third-order valence-corrected chi connectivity index (χ3v) is 5.75. The fourth-order valence-corrected chi connectivity index (χ4v) is 3.95. The number of Topliss-reactive ketones (excluding diaryl/α,β-unsaturated/α-hetero) is 1. The van der Waals surface area contributed by atoms with E-state index in [-0.39, 0.29) is 50.6 Å². The number of hydrogen-bond donors (Lipinski definition) is 2. The molecule has 0 fully saturated rings. The van der Waals surface area contributed by atoms with Gasteiger partial charge in [0, 0.05) is 29.8 Å². The molecule has 8 nitrogen and oxygen atoms in total. The summed E-state index contributed by atoms with van der Waals surface area (Å²) < 4.78 is 5.31. The largest absolute Gasteiger partial charge is 0.495 e. The molecule has 33 heavy (non-hydrogen) atoms. The number of halogens is 2. The first-order valence-electron chi connectivity index (χ1n) is 9.69. The number of para-hydroxylation sites is 1. The number of carbonyl (C=O) groups is 2. The number of hydrogen-bond acceptors (Lipinski definition) is 7. The van der Waals surface area contributed by atoms with Crippen molar-refractivity contribution in [1.29, 1.82) is 0 Å². The van der Waals surface area contributed by atoms with Crippen molar-refractivity contribution in [3.8, 4) is 5.75 Å². The number of nitrogens with two attached hydrogens (primary N) is 1. The Morgan fingerprint density at radius 1 is 1.06 bits per heavy atom. The normalized spacial score (nSPS) is 10.8. The van der Waals surface area contributed by atoms with Crippen LogP contribution in [0.15, 0.2) is 55.1 Å². The Balaban J connectivity index is 1.73. The maximum absolute atomic E-state index is 13.2. The van der Waals surface area contributed by atoms with Crippen LogP contribution >= 0.6 is 23.2 Å². The lowest BCUT2D eigenvalue weighted by Crippen LogP contribution is -2.15. The summed E-state index contributed by atoms with van der Waals surface area (Å²) in [4.78, 5) is 38.2. The van der Waals surface area contributed by atoms with Crippen LogP contribution < -0.4 is 15.8 Å². The van der Waals surface area contributed by atoms with E-state index in [0.717, 1.165) is 5.56 Å². The quantitative estimate of drug-likeness (QED) is 0.386. The predicted octanol–water partition coefficient (Wildman–Crippen LogP) is 4.60. The van der Waals surface area contributed by atoms with Crippen LogP contribution in [-0.4, -0.2) is 33.8 Å². The molecule has 4 rings (SSSR count). The van der Waals surface area contributed by atoms with Gasteiger partial charge in [0.05, 0.1) is 28.9 Å². The summed E-state index contributed by atoms with van der Waals surface area (Å²) in [5.41, 5.74) is 7.48. The zero-order valence-corrected chi connectivity index (χ0v) is 18.8. The molecule has 1 amide bonds. The number of rotatable bonds is 6. The molecule has 0 radical (unpaired) electrons. The smallest absolute Gasteiger partial charge is 0.257 e. The summed E-state index contributed by atoms with van der Waals surface area (Å²) in [6, 6.07) is 9.88. The van der Waals surface area contributed by atoms with E-state index < -0.39 is 5.91 Å². The highest BCUT2D eigenvalue weighted by Gasteiger charge is 2.23. The van der Waals surface area contributed by atoms with Crippen LogP contribution in [-0.2, 0) is 6.42 Å². The SMILES string of the molecule is COc1cc(C(=O)Cc2ccncc2)c(Cl)c(NC(=O)c2cccc3c(N)ncnc23)c1Cl. The number of aromatic nitrogens is 3. The van der Waals surface area contributed by atoms with Gasteiger partial charge in [0.15, 0.2) is 5.78 Å². The number of methoxy groups -OCH3 is 1. The topological polar surface area (TPSA) is 120 Å². The molecule has 0 aliphatic rings. The second kappa shape index (κ2) is 9.40. The van der Waals surface area contributed by atoms with Gasteiger partial charge in [-0.15, -0.1) is 0 Å². The number of pyridine rings is 1. The van der Waals surface area contributed by atoms with Crippen LogP contribution in [0.3, 0.4) is 0 Å². The Bertz CT molecular complexity index is 1380. The molecular formula is C23H17Cl2N5O3. The van der Waals surface area contributed by atoms with Crippen LogP contribution in [0.5, 0.6) is 5.75 Å². The van der Waals surface area contributed by atoms with Gasteiger partial charge >= 0.3 is 0 Å². The van der Waals surface area contributed by atoms with Crippen LogP contribution in [0.1, 0.15) is 26.3 Å². The number of anilines is 2. The summed E-state index contributed by atoms with van der Waals surface area (Å²) in [6.45, 7) is 0. The molecule has 0 saturated heterocycles. The summed E-state index contributed by atoms with van der Waals surface area (Å²) in [5, 5.41) is 3.29. The Kier molecular flexibility index (Phi) is 6.39. The fourth-order valence-electron chi connectivity index (χ4n) is 3.33. The number of nitrogens with one attached hydrogen (secondary N) is 1. The zero-order chi connectivity index (χ0) is 23.5. The van der Waals surface area contributed by atoms with Crippen molar-refractivity contribution >= 4 is 57.3 Å². The molecule has 0 aliphatic heterocycles. The summed E-state index contributed by atoms with van der Waals surface area (Å²) in [5.74, 6) is -0.374. The summed E-state index contributed by atoms with van der Waals surface area (Å²) in [7, 11) is 1.41. The van der Waals surface area contributed by atoms with Gasteiger partial charge in [-0.3, -0.25) is 14.6 Å². The molecule has 4 aromatic rings. The first-order chi connectivity index (χ1) is 15.9. The molecule has 0 unspecified atom stereocenters. The molecule has 0 atom stereocenters. The van der Waals surface area contributed by atoms with Gasteiger partial charge in [-0.05, 0) is 35.9 Å². The molecule has 166 valence electrons. The van der Waals surface area contributed by atoms with E-state index in [1.165, 1.54) is 19.5 Å². The summed E-state index contributed by atoms with van der Waals surface area (Å²) >= 11 is 13.0. The van der Waals surface area contributed by atoms with E-state index in [9.17, 15) is 9.59 Å². The van der Waals surface area contributed by atoms with E-state index >= 15 is 0 Å². The number of nitrogen functional groups attached to an aromatic ring is 1. The lowest BCUT2D eigenvalue weighted by molar-refractivity contribution is 0.0989. The number of benzene rings is 2. The van der Waals surface area contributed by atoms with E-state index in [1.54, 1.807) is 42.7 Å². The van der Waals surface area contributed by atoms with Crippen LogP contribution in [0, 0.1) is 0 Å². The molecule has 2 aromatic heterocycles. The molecule has 3 N–H and O–H groups in total. The van der Waals surface area contributed by atoms with E-state index in [0.29, 0.717) is 10.9 Å². The van der Waals surface area contributed by atoms with Gasteiger partial charge in [0.25, 0.3) is 5.91 Å². The van der Waals surface area contributed by atoms with Crippen molar-refractivity contribution < 1.29 is 14.3 Å². The van der Waals surface area contributed by atoms with E-state index in [4.69, 9.17) is 33.7 Å². The Morgan fingerprint density at radius 2 is 1.82 bits per heavy atom. The van der Waals surface area contributed by atoms with Gasteiger partial charge in [0.2, 0.25) is 0 Å². The Hall–Kier alpha value is -3.75. The monoisotopic (exact) mass is 481 g/mol. The third-order valence-electron chi connectivity index (χ3n) is 4.98. The highest BCUT2D eigenvalue weighted by Crippen LogP contribution is 2.41. The van der Waals surface area contributed by atoms with Gasteiger partial charge in [0.1, 0.15) is 22.9 Å². The second-order valence-electron chi connectivity index (χ2n) is 7.00. The molecule has 2 heterocycles. The highest BCUT2D eigenvalue weighted by atomic mass is 35.5. The first kappa shape index (κ1) is 22.4. The van der Waals surface area contributed by atoms with Crippen molar-refractivity contribution in [2.75, 3.05) is 18.2 Å². The van der Waals surface area contributed by atoms with Gasteiger partial charge in [-0.1, -0.05) is 29.3 Å². The van der Waals surface area contributed by atoms with Crippen LogP contribution in [0.25, 0.3) is 10.9 Å². The van der Waals surface area contributed by atoms with Crippen molar-refractivity contribution in [3.63, 3.8) is 0 Å². The van der Waals surface area contributed by atoms with Gasteiger partial charge in [-0.2, -0.15) is 0 Å². The summed E-state index contributed by atoms with van der Waals surface area (Å²) in [6.07, 6.45) is 4.55. The number of ketones is 1. The third kappa shape index (κ3) is 4.44. The molecule has 2 aromatic carbocycles. The number of amides is 1. The van der Waals surface area contributed by atoms with Gasteiger partial charge < -0.3 is 15.8 Å². The fraction of sp³-hybridized carbons (Fsp3) is 0.0870. The van der Waals surface area contributed by atoms with Crippen molar-refractivity contribution in [3.05, 3.63) is 81.9 Å². The predicted molar refractivity (Wildman–Crippen MR) is 127 cm³/mol. The first-order valence-corrected chi connectivity index (χ1v) is 10.4. The Labute approximate surface area is 198 Å². The number of fused-ring (bicyclic) bond motifs is 1. The number of ether oxygens (including phenoxy) is 1. The van der Waals surface area contributed by atoms with Gasteiger partial charge in [-0.25, -0.2) is 9.97 Å². The lowest BCUT2D eigenvalue weighted by Gasteiger charge is -2.16. The minimum Gasteiger partial charge on any atom is -0.495 e. The average Bonchev–Trinajstić information content (AvgIpc) is 2.82. The van der Waals surface area contributed by atoms with Crippen LogP contribution in [0.2, 0.25) is 10.0 Å². The molecule has 0 spiro atoms. The van der Waals surface area contributed by atoms with Crippen molar-refractivity contribution in [2.24, 2.45) is 0 Å². The standard InChI is InChI=1S/C23H17Cl2N5O3/c1-33-17-10-15(16(31)9-12-5-7-27-8-6-12)18(24)21(19(17)25)30-23(32)14-4-2-3-13-20(14)28-11-29-22(13)26/h2-8,10-11H,9H2,1H3,(H,30,32)(H2,26,28,29). The van der Waals surface area contributed by atoms with Crippen LogP contribution in [0.4, 0.5) is 11.5 Å². The number of carbonyl (C=O) groups excluding carboxylic acids is 2. The van der Waals surface area contributed by atoms with Crippen molar-refractivity contribution in [1.82, 2.24) is 15.0 Å². The molecule has 0 bridgehead atoms. The molecule has 0 saturated carbocycles. The minimum atomic E-state index is -0.539. The highest BCUT2D eigenvalue weighted by molar-refractivity contribution is 6.43. The Morgan fingerprint density at radius 3 is 2.55 bits per heavy atom. The molecule has 10 heteroatoms. The zero-order valence-electron chi connectivity index (χ0n) is 17.3. The van der Waals surface area contributed by atoms with Crippen molar-refractivity contribution in [2.45, 2.75) is 6.42 Å². The minimum absolute atomic E-state index is 0.00239. The van der Waals surface area contributed by atoms with E-state index in [1.807, 2.05) is 0 Å². The molecular weight excluding hydrogens is 465 g/mol. The maximum Gasteiger partial charge on any atom is 0.257 e. The lowest BCUT2D eigenvalue weighted by atomic mass is 10.0. The maximum atomic E-state index is 13.2. The van der Waals surface area contributed by atoms with E-state index in [2.05, 4.69) is 20.3 Å². The second-order valence-corrected chi connectivity index (χ2v) is 7.76. The average molecular weight is 482 g/mol. The number of nitrogens with zero attached hydrogens (tertiary/aromatic N) is 3. The molecule has 0 aliphatic carbocycles.